The first-order valence-electron chi connectivity index (χ1n) is 9.10. The van der Waals surface area contributed by atoms with E-state index >= 15 is 0 Å². The van der Waals surface area contributed by atoms with Crippen LogP contribution >= 0.6 is 11.6 Å². The van der Waals surface area contributed by atoms with Crippen molar-refractivity contribution < 1.29 is 13.9 Å². The van der Waals surface area contributed by atoms with Crippen molar-refractivity contribution in [1.29, 1.82) is 0 Å². The zero-order valence-electron chi connectivity index (χ0n) is 14.9. The van der Waals surface area contributed by atoms with Crippen molar-refractivity contribution in [2.75, 3.05) is 38.2 Å². The van der Waals surface area contributed by atoms with Gasteiger partial charge in [0.2, 0.25) is 0 Å². The molecule has 1 aromatic carbocycles. The van der Waals surface area contributed by atoms with Gasteiger partial charge in [0, 0.05) is 31.2 Å². The van der Waals surface area contributed by atoms with Crippen LogP contribution < -0.4 is 5.32 Å². The van der Waals surface area contributed by atoms with Gasteiger partial charge in [-0.3, -0.25) is 4.79 Å². The number of anilines is 1. The number of rotatable bonds is 5. The van der Waals surface area contributed by atoms with E-state index in [1.54, 1.807) is 17.2 Å². The second-order valence-electron chi connectivity index (χ2n) is 7.10. The molecule has 5 nitrogen and oxygen atoms in total. The standard InChI is InChI=1S/C20H21ClFN3O2/c21-17-11-14(19(26)25-7-9-27-10-8-25)12-23-18(17)24-13-20(5-6-20)15-1-3-16(22)4-2-15/h1-4,11-12H,5-10,13H2,(H,23,24). The maximum atomic E-state index is 13.2. The van der Waals surface area contributed by atoms with Crippen LogP contribution in [0, 0.1) is 5.82 Å². The van der Waals surface area contributed by atoms with Gasteiger partial charge in [-0.05, 0) is 36.6 Å². The monoisotopic (exact) mass is 389 g/mol. The van der Waals surface area contributed by atoms with Gasteiger partial charge >= 0.3 is 0 Å². The SMILES string of the molecule is O=C(c1cnc(NCC2(c3ccc(F)cc3)CC2)c(Cl)c1)N1CCOCC1. The lowest BCUT2D eigenvalue weighted by Crippen LogP contribution is -2.40. The van der Waals surface area contributed by atoms with Crippen molar-refractivity contribution >= 4 is 23.3 Å². The van der Waals surface area contributed by atoms with Gasteiger partial charge < -0.3 is 15.0 Å². The number of pyridine rings is 1. The van der Waals surface area contributed by atoms with Gasteiger partial charge in [0.25, 0.3) is 5.91 Å². The third-order valence-corrected chi connectivity index (χ3v) is 5.58. The quantitative estimate of drug-likeness (QED) is 0.850. The Bertz CT molecular complexity index is 834. The van der Waals surface area contributed by atoms with E-state index in [2.05, 4.69) is 10.3 Å². The summed E-state index contributed by atoms with van der Waals surface area (Å²) in [4.78, 5) is 18.6. The highest BCUT2D eigenvalue weighted by Gasteiger charge is 2.44. The van der Waals surface area contributed by atoms with Crippen molar-refractivity contribution in [3.8, 4) is 0 Å². The summed E-state index contributed by atoms with van der Waals surface area (Å²) < 4.78 is 18.4. The molecule has 1 aliphatic carbocycles. The van der Waals surface area contributed by atoms with Crippen LogP contribution in [0.4, 0.5) is 10.2 Å². The van der Waals surface area contributed by atoms with Crippen molar-refractivity contribution in [3.05, 3.63) is 58.5 Å². The highest BCUT2D eigenvalue weighted by molar-refractivity contribution is 6.33. The molecule has 142 valence electrons. The number of hydrogen-bond acceptors (Lipinski definition) is 4. The van der Waals surface area contributed by atoms with Gasteiger partial charge in [-0.2, -0.15) is 0 Å². The lowest BCUT2D eigenvalue weighted by Gasteiger charge is -2.26. The van der Waals surface area contributed by atoms with E-state index < -0.39 is 0 Å². The Labute approximate surface area is 162 Å². The third-order valence-electron chi connectivity index (χ3n) is 5.29. The summed E-state index contributed by atoms with van der Waals surface area (Å²) in [7, 11) is 0. The minimum atomic E-state index is -0.229. The first kappa shape index (κ1) is 18.2. The molecule has 0 unspecified atom stereocenters. The molecule has 0 spiro atoms. The van der Waals surface area contributed by atoms with E-state index in [1.807, 2.05) is 12.1 Å². The van der Waals surface area contributed by atoms with E-state index in [4.69, 9.17) is 16.3 Å². The molecule has 1 amide bonds. The van der Waals surface area contributed by atoms with E-state index in [-0.39, 0.29) is 17.1 Å². The van der Waals surface area contributed by atoms with Crippen molar-refractivity contribution in [1.82, 2.24) is 9.88 Å². The molecule has 2 aliphatic rings. The summed E-state index contributed by atoms with van der Waals surface area (Å²) in [6.45, 7) is 2.94. The third kappa shape index (κ3) is 3.92. The fourth-order valence-corrected chi connectivity index (χ4v) is 3.64. The lowest BCUT2D eigenvalue weighted by molar-refractivity contribution is 0.0302. The molecule has 0 atom stereocenters. The van der Waals surface area contributed by atoms with Crippen molar-refractivity contribution in [2.24, 2.45) is 0 Å². The fourth-order valence-electron chi connectivity index (χ4n) is 3.41. The molecule has 7 heteroatoms. The molecule has 1 N–H and O–H groups in total. The van der Waals surface area contributed by atoms with E-state index in [0.717, 1.165) is 18.4 Å². The number of morpholine rings is 1. The average Bonchev–Trinajstić information content (AvgIpc) is 3.49. The molecule has 0 radical (unpaired) electrons. The van der Waals surface area contributed by atoms with E-state index in [0.29, 0.717) is 49.3 Å². The van der Waals surface area contributed by atoms with Crippen LogP contribution in [0.3, 0.4) is 0 Å². The maximum absolute atomic E-state index is 13.2. The summed E-state index contributed by atoms with van der Waals surface area (Å²) in [6.07, 6.45) is 3.64. The van der Waals surface area contributed by atoms with Crippen LogP contribution in [-0.4, -0.2) is 48.6 Å². The molecule has 1 aromatic heterocycles. The molecule has 1 aliphatic heterocycles. The summed E-state index contributed by atoms with van der Waals surface area (Å²) in [5.41, 5.74) is 1.60. The molecule has 0 bridgehead atoms. The Balaban J connectivity index is 1.42. The van der Waals surface area contributed by atoms with Crippen LogP contribution in [-0.2, 0) is 10.2 Å². The molecule has 2 fully saturated rings. The first-order chi connectivity index (χ1) is 13.1. The molecular formula is C20H21ClFN3O2. The summed E-state index contributed by atoms with van der Waals surface area (Å²) >= 11 is 6.36. The van der Waals surface area contributed by atoms with Gasteiger partial charge in [-0.15, -0.1) is 0 Å². The number of halogens is 2. The van der Waals surface area contributed by atoms with Gasteiger partial charge in [0.05, 0.1) is 23.8 Å². The Kier molecular flexibility index (Phi) is 5.02. The lowest BCUT2D eigenvalue weighted by atomic mass is 9.96. The Morgan fingerprint density at radius 3 is 2.59 bits per heavy atom. The highest BCUT2D eigenvalue weighted by atomic mass is 35.5. The molecule has 27 heavy (non-hydrogen) atoms. The normalized spacial score (nSPS) is 18.2. The van der Waals surface area contributed by atoms with Gasteiger partial charge in [0.15, 0.2) is 0 Å². The highest BCUT2D eigenvalue weighted by Crippen LogP contribution is 2.48. The number of aromatic nitrogens is 1. The smallest absolute Gasteiger partial charge is 0.255 e. The molecule has 1 saturated heterocycles. The Morgan fingerprint density at radius 1 is 1.26 bits per heavy atom. The van der Waals surface area contributed by atoms with Crippen LogP contribution in [0.25, 0.3) is 0 Å². The minimum Gasteiger partial charge on any atom is -0.378 e. The van der Waals surface area contributed by atoms with Crippen molar-refractivity contribution in [3.63, 3.8) is 0 Å². The molecule has 1 saturated carbocycles. The second kappa shape index (κ2) is 7.44. The van der Waals surface area contributed by atoms with Crippen LogP contribution in [0.2, 0.25) is 5.02 Å². The van der Waals surface area contributed by atoms with Crippen LogP contribution in [0.5, 0.6) is 0 Å². The average molecular weight is 390 g/mol. The maximum Gasteiger partial charge on any atom is 0.255 e. The predicted octanol–water partition coefficient (Wildman–Crippen LogP) is 3.49. The van der Waals surface area contributed by atoms with Crippen molar-refractivity contribution in [2.45, 2.75) is 18.3 Å². The zero-order chi connectivity index (χ0) is 18.9. The fraction of sp³-hybridized carbons (Fsp3) is 0.400. The Morgan fingerprint density at radius 2 is 1.96 bits per heavy atom. The predicted molar refractivity (Wildman–Crippen MR) is 102 cm³/mol. The minimum absolute atomic E-state index is 0.000993. The molecule has 2 aromatic rings. The number of hydrogen-bond donors (Lipinski definition) is 1. The van der Waals surface area contributed by atoms with Crippen LogP contribution in [0.1, 0.15) is 28.8 Å². The first-order valence-corrected chi connectivity index (χ1v) is 9.48. The number of carbonyl (C=O) groups is 1. The largest absolute Gasteiger partial charge is 0.378 e. The number of nitrogens with one attached hydrogen (secondary N) is 1. The van der Waals surface area contributed by atoms with Gasteiger partial charge in [-0.1, -0.05) is 23.7 Å². The molecule has 4 rings (SSSR count). The van der Waals surface area contributed by atoms with Crippen LogP contribution in [0.15, 0.2) is 36.5 Å². The molecule has 2 heterocycles. The van der Waals surface area contributed by atoms with E-state index in [9.17, 15) is 9.18 Å². The number of amides is 1. The number of benzene rings is 1. The van der Waals surface area contributed by atoms with Gasteiger partial charge in [0.1, 0.15) is 11.6 Å². The van der Waals surface area contributed by atoms with E-state index in [1.165, 1.54) is 12.1 Å². The second-order valence-corrected chi connectivity index (χ2v) is 7.51. The summed E-state index contributed by atoms with van der Waals surface area (Å²) in [5.74, 6) is 0.251. The number of nitrogens with zero attached hydrogens (tertiary/aromatic N) is 2. The zero-order valence-corrected chi connectivity index (χ0v) is 15.6. The Hall–Kier alpha value is -2.18. The number of carbonyl (C=O) groups excluding carboxylic acids is 1. The topological polar surface area (TPSA) is 54.5 Å². The van der Waals surface area contributed by atoms with Gasteiger partial charge in [-0.25, -0.2) is 9.37 Å². The summed E-state index contributed by atoms with van der Waals surface area (Å²) in [6, 6.07) is 8.32. The molecular weight excluding hydrogens is 369 g/mol. The number of ether oxygens (including phenoxy) is 1. The summed E-state index contributed by atoms with van der Waals surface area (Å²) in [5, 5.41) is 3.71.